The molecule has 1 aliphatic rings. The number of carbonyl (C=O) groups is 2. The van der Waals surface area contributed by atoms with E-state index in [1.165, 1.54) is 0 Å². The molecular formula is C20H24N4O2. The fraction of sp³-hybridized carbons (Fsp3) is 0.400. The van der Waals surface area contributed by atoms with Crippen LogP contribution >= 0.6 is 0 Å². The van der Waals surface area contributed by atoms with Crippen LogP contribution in [0.5, 0.6) is 0 Å². The molecule has 1 fully saturated rings. The number of aryl methyl sites for hydroxylation is 1. The number of amides is 2. The van der Waals surface area contributed by atoms with E-state index in [1.54, 1.807) is 30.9 Å². The SMILES string of the molecule is CCc1cnccc1C(=O)NC[C@@H]1CC(=O)N(CC)[C@H]1c1cccnc1. The quantitative estimate of drug-likeness (QED) is 0.866. The first-order chi connectivity index (χ1) is 12.7. The number of nitrogens with zero attached hydrogens (tertiary/aromatic N) is 3. The largest absolute Gasteiger partial charge is 0.352 e. The Morgan fingerprint density at radius 3 is 2.73 bits per heavy atom. The standard InChI is InChI=1S/C20H24N4O2/c1-3-14-11-22-9-7-17(14)20(26)23-13-16-10-18(25)24(4-2)19(16)15-6-5-8-21-12-15/h5-9,11-12,16,19H,3-4,10,13H2,1-2H3,(H,23,26)/t16-,19-/m0/s1. The summed E-state index contributed by atoms with van der Waals surface area (Å²) in [5.74, 6) is 0.0397. The molecule has 0 bridgehead atoms. The topological polar surface area (TPSA) is 75.2 Å². The van der Waals surface area contributed by atoms with Crippen molar-refractivity contribution in [1.82, 2.24) is 20.2 Å². The van der Waals surface area contributed by atoms with Crippen LogP contribution in [0.1, 0.15) is 47.8 Å². The number of hydrogen-bond donors (Lipinski definition) is 1. The van der Waals surface area contributed by atoms with Crippen LogP contribution in [0, 0.1) is 5.92 Å². The second-order valence-corrected chi connectivity index (χ2v) is 6.47. The van der Waals surface area contributed by atoms with Gasteiger partial charge in [-0.25, -0.2) is 0 Å². The van der Waals surface area contributed by atoms with Crippen LogP contribution in [-0.2, 0) is 11.2 Å². The summed E-state index contributed by atoms with van der Waals surface area (Å²) >= 11 is 0. The Hall–Kier alpha value is -2.76. The summed E-state index contributed by atoms with van der Waals surface area (Å²) in [4.78, 5) is 35.2. The van der Waals surface area contributed by atoms with Crippen molar-refractivity contribution < 1.29 is 9.59 Å². The predicted molar refractivity (Wildman–Crippen MR) is 98.4 cm³/mol. The monoisotopic (exact) mass is 352 g/mol. The number of pyridine rings is 2. The lowest BCUT2D eigenvalue weighted by molar-refractivity contribution is -0.128. The van der Waals surface area contributed by atoms with Crippen LogP contribution in [0.4, 0.5) is 0 Å². The first kappa shape index (κ1) is 18.0. The van der Waals surface area contributed by atoms with Gasteiger partial charge in [0.05, 0.1) is 6.04 Å². The molecule has 0 unspecified atom stereocenters. The lowest BCUT2D eigenvalue weighted by atomic mass is 9.94. The van der Waals surface area contributed by atoms with Crippen molar-refractivity contribution in [2.75, 3.05) is 13.1 Å². The van der Waals surface area contributed by atoms with Gasteiger partial charge in [-0.3, -0.25) is 19.6 Å². The summed E-state index contributed by atoms with van der Waals surface area (Å²) in [6.45, 7) is 5.08. The van der Waals surface area contributed by atoms with Gasteiger partial charge in [0.1, 0.15) is 0 Å². The van der Waals surface area contributed by atoms with Gasteiger partial charge in [0.25, 0.3) is 5.91 Å². The van der Waals surface area contributed by atoms with Gasteiger partial charge in [0.2, 0.25) is 5.91 Å². The van der Waals surface area contributed by atoms with Gasteiger partial charge in [0.15, 0.2) is 0 Å². The molecule has 0 aromatic carbocycles. The van der Waals surface area contributed by atoms with Crippen LogP contribution in [0.2, 0.25) is 0 Å². The molecule has 26 heavy (non-hydrogen) atoms. The Labute approximate surface area is 153 Å². The van der Waals surface area contributed by atoms with Crippen LogP contribution in [0.3, 0.4) is 0 Å². The van der Waals surface area contributed by atoms with Crippen molar-refractivity contribution in [1.29, 1.82) is 0 Å². The zero-order valence-corrected chi connectivity index (χ0v) is 15.2. The van der Waals surface area contributed by atoms with E-state index >= 15 is 0 Å². The van der Waals surface area contributed by atoms with Crippen LogP contribution in [0.15, 0.2) is 43.0 Å². The van der Waals surface area contributed by atoms with E-state index in [0.717, 1.165) is 17.5 Å². The van der Waals surface area contributed by atoms with Crippen LogP contribution in [0.25, 0.3) is 0 Å². The highest BCUT2D eigenvalue weighted by atomic mass is 16.2. The lowest BCUT2D eigenvalue weighted by Gasteiger charge is -2.27. The zero-order valence-electron chi connectivity index (χ0n) is 15.2. The van der Waals surface area contributed by atoms with Gasteiger partial charge in [-0.05, 0) is 36.6 Å². The molecule has 0 radical (unpaired) electrons. The first-order valence-electron chi connectivity index (χ1n) is 9.06. The van der Waals surface area contributed by atoms with E-state index in [0.29, 0.717) is 25.1 Å². The summed E-state index contributed by atoms with van der Waals surface area (Å²) in [7, 11) is 0. The van der Waals surface area contributed by atoms with Crippen molar-refractivity contribution in [3.8, 4) is 0 Å². The number of hydrogen-bond acceptors (Lipinski definition) is 4. The molecule has 6 nitrogen and oxygen atoms in total. The minimum Gasteiger partial charge on any atom is -0.352 e. The molecule has 2 amide bonds. The minimum absolute atomic E-state index is 0.0301. The maximum atomic E-state index is 12.6. The average Bonchev–Trinajstić information content (AvgIpc) is 3.01. The predicted octanol–water partition coefficient (Wildman–Crippen LogP) is 2.38. The molecule has 3 rings (SSSR count). The molecule has 2 atom stereocenters. The number of likely N-dealkylation sites (tertiary alicyclic amines) is 1. The fourth-order valence-electron chi connectivity index (χ4n) is 3.67. The van der Waals surface area contributed by atoms with Crippen molar-refractivity contribution in [2.24, 2.45) is 5.92 Å². The van der Waals surface area contributed by atoms with E-state index in [2.05, 4.69) is 15.3 Å². The molecule has 1 saturated heterocycles. The first-order valence-corrected chi connectivity index (χ1v) is 9.06. The molecule has 2 aromatic heterocycles. The van der Waals surface area contributed by atoms with Gasteiger partial charge >= 0.3 is 0 Å². The molecule has 0 saturated carbocycles. The molecule has 0 aliphatic carbocycles. The molecule has 1 N–H and O–H groups in total. The Kier molecular flexibility index (Phi) is 5.61. The van der Waals surface area contributed by atoms with Crippen molar-refractivity contribution in [3.05, 3.63) is 59.7 Å². The van der Waals surface area contributed by atoms with E-state index in [1.807, 2.05) is 30.9 Å². The van der Waals surface area contributed by atoms with Crippen molar-refractivity contribution >= 4 is 11.8 Å². The summed E-state index contributed by atoms with van der Waals surface area (Å²) in [6, 6.07) is 5.56. The fourth-order valence-corrected chi connectivity index (χ4v) is 3.67. The number of carbonyl (C=O) groups excluding carboxylic acids is 2. The van der Waals surface area contributed by atoms with Gasteiger partial charge in [-0.1, -0.05) is 13.0 Å². The summed E-state index contributed by atoms with van der Waals surface area (Å²) in [5.41, 5.74) is 2.58. The van der Waals surface area contributed by atoms with E-state index in [-0.39, 0.29) is 23.8 Å². The van der Waals surface area contributed by atoms with E-state index in [9.17, 15) is 9.59 Å². The number of nitrogens with one attached hydrogen (secondary N) is 1. The summed E-state index contributed by atoms with van der Waals surface area (Å²) in [6.07, 6.45) is 8.07. The highest BCUT2D eigenvalue weighted by molar-refractivity contribution is 5.95. The normalized spacial score (nSPS) is 19.6. The Morgan fingerprint density at radius 1 is 1.23 bits per heavy atom. The highest BCUT2D eigenvalue weighted by Crippen LogP contribution is 2.37. The maximum Gasteiger partial charge on any atom is 0.251 e. The Bertz CT molecular complexity index is 778. The average molecular weight is 352 g/mol. The molecule has 136 valence electrons. The molecule has 2 aromatic rings. The molecular weight excluding hydrogens is 328 g/mol. The second-order valence-electron chi connectivity index (χ2n) is 6.47. The number of rotatable bonds is 6. The highest BCUT2D eigenvalue weighted by Gasteiger charge is 2.39. The molecule has 1 aliphatic heterocycles. The van der Waals surface area contributed by atoms with Gasteiger partial charge in [0, 0.05) is 55.8 Å². The van der Waals surface area contributed by atoms with E-state index in [4.69, 9.17) is 0 Å². The maximum absolute atomic E-state index is 12.6. The second kappa shape index (κ2) is 8.08. The van der Waals surface area contributed by atoms with Crippen LogP contribution in [-0.4, -0.2) is 39.8 Å². The lowest BCUT2D eigenvalue weighted by Crippen LogP contribution is -2.34. The van der Waals surface area contributed by atoms with Gasteiger partial charge in [-0.2, -0.15) is 0 Å². The van der Waals surface area contributed by atoms with Gasteiger partial charge in [-0.15, -0.1) is 0 Å². The summed E-state index contributed by atoms with van der Waals surface area (Å²) in [5, 5.41) is 3.01. The minimum atomic E-state index is -0.114. The van der Waals surface area contributed by atoms with Crippen LogP contribution < -0.4 is 5.32 Å². The van der Waals surface area contributed by atoms with Crippen molar-refractivity contribution in [2.45, 2.75) is 32.7 Å². The smallest absolute Gasteiger partial charge is 0.251 e. The van der Waals surface area contributed by atoms with Crippen molar-refractivity contribution in [3.63, 3.8) is 0 Å². The Balaban J connectivity index is 1.75. The summed E-state index contributed by atoms with van der Waals surface area (Å²) < 4.78 is 0. The third-order valence-corrected chi connectivity index (χ3v) is 4.96. The van der Waals surface area contributed by atoms with E-state index < -0.39 is 0 Å². The third kappa shape index (κ3) is 3.59. The number of aromatic nitrogens is 2. The molecule has 3 heterocycles. The molecule has 6 heteroatoms. The third-order valence-electron chi connectivity index (χ3n) is 4.96. The van der Waals surface area contributed by atoms with Gasteiger partial charge < -0.3 is 10.2 Å². The Morgan fingerprint density at radius 2 is 2.04 bits per heavy atom. The molecule has 0 spiro atoms. The zero-order chi connectivity index (χ0) is 18.5.